The fourth-order valence-corrected chi connectivity index (χ4v) is 4.85. The van der Waals surface area contributed by atoms with Gasteiger partial charge in [-0.3, -0.25) is 9.20 Å². The zero-order chi connectivity index (χ0) is 22.1. The number of aryl methyl sites for hydroxylation is 1. The van der Waals surface area contributed by atoms with E-state index in [0.717, 1.165) is 33.6 Å². The van der Waals surface area contributed by atoms with E-state index in [1.807, 2.05) is 53.8 Å². The number of ether oxygens (including phenoxy) is 2. The quantitative estimate of drug-likeness (QED) is 0.416. The van der Waals surface area contributed by atoms with Crippen molar-refractivity contribution in [2.24, 2.45) is 0 Å². The number of nitrogens with zero attached hydrogens (tertiary/aromatic N) is 4. The predicted molar refractivity (Wildman–Crippen MR) is 125 cm³/mol. The van der Waals surface area contributed by atoms with Crippen LogP contribution in [0, 0.1) is 6.92 Å². The predicted octanol–water partition coefficient (Wildman–Crippen LogP) is 3.97. The zero-order valence-corrected chi connectivity index (χ0v) is 18.8. The Morgan fingerprint density at radius 1 is 1.16 bits per heavy atom. The van der Waals surface area contributed by atoms with Crippen LogP contribution in [0.1, 0.15) is 12.5 Å². The van der Waals surface area contributed by atoms with Gasteiger partial charge in [-0.1, -0.05) is 42.1 Å². The summed E-state index contributed by atoms with van der Waals surface area (Å²) in [6.07, 6.45) is -0.195. The van der Waals surface area contributed by atoms with Gasteiger partial charge in [-0.2, -0.15) is 0 Å². The van der Waals surface area contributed by atoms with Crippen LogP contribution in [0.15, 0.2) is 59.8 Å². The first-order chi connectivity index (χ1) is 15.6. The van der Waals surface area contributed by atoms with Crippen molar-refractivity contribution in [2.75, 3.05) is 25.4 Å². The van der Waals surface area contributed by atoms with Crippen LogP contribution < -0.4 is 9.47 Å². The van der Waals surface area contributed by atoms with E-state index in [2.05, 4.69) is 29.3 Å². The van der Waals surface area contributed by atoms with Crippen LogP contribution in [-0.4, -0.2) is 57.0 Å². The number of thioether (sulfide) groups is 1. The lowest BCUT2D eigenvalue weighted by Crippen LogP contribution is -2.44. The van der Waals surface area contributed by atoms with Crippen molar-refractivity contribution < 1.29 is 14.3 Å². The SMILES string of the molecule is CCN(CC1COc2ccccc2O1)C(=O)CSc1nnc2cc(C)c3ccccc3n12. The molecule has 32 heavy (non-hydrogen) atoms. The first kappa shape index (κ1) is 20.6. The maximum absolute atomic E-state index is 13.0. The molecule has 4 aromatic rings. The Labute approximate surface area is 190 Å². The highest BCUT2D eigenvalue weighted by atomic mass is 32.2. The Hall–Kier alpha value is -3.26. The van der Waals surface area contributed by atoms with Crippen LogP contribution in [0.3, 0.4) is 0 Å². The van der Waals surface area contributed by atoms with Crippen LogP contribution in [0.25, 0.3) is 16.6 Å². The second-order valence-corrected chi connectivity index (χ2v) is 8.68. The summed E-state index contributed by atoms with van der Waals surface area (Å²) in [6, 6.07) is 17.8. The van der Waals surface area contributed by atoms with Crippen molar-refractivity contribution in [1.82, 2.24) is 19.5 Å². The van der Waals surface area contributed by atoms with Crippen LogP contribution in [0.5, 0.6) is 11.5 Å². The topological polar surface area (TPSA) is 69.0 Å². The number of amides is 1. The van der Waals surface area contributed by atoms with E-state index >= 15 is 0 Å². The van der Waals surface area contributed by atoms with Gasteiger partial charge >= 0.3 is 0 Å². The molecule has 0 spiro atoms. The summed E-state index contributed by atoms with van der Waals surface area (Å²) in [5, 5.41) is 10.5. The summed E-state index contributed by atoms with van der Waals surface area (Å²) < 4.78 is 13.8. The first-order valence-electron chi connectivity index (χ1n) is 10.7. The van der Waals surface area contributed by atoms with E-state index in [4.69, 9.17) is 9.47 Å². The molecule has 1 atom stereocenters. The maximum Gasteiger partial charge on any atom is 0.233 e. The minimum atomic E-state index is -0.195. The molecule has 7 nitrogen and oxygen atoms in total. The Morgan fingerprint density at radius 2 is 1.94 bits per heavy atom. The molecule has 0 saturated heterocycles. The molecule has 0 aliphatic carbocycles. The lowest BCUT2D eigenvalue weighted by atomic mass is 10.1. The minimum absolute atomic E-state index is 0.0353. The maximum atomic E-state index is 13.0. The summed E-state index contributed by atoms with van der Waals surface area (Å²) in [5.41, 5.74) is 2.98. The van der Waals surface area contributed by atoms with Crippen molar-refractivity contribution >= 4 is 34.2 Å². The molecule has 0 saturated carbocycles. The van der Waals surface area contributed by atoms with Crippen LogP contribution in [0.2, 0.25) is 0 Å². The third-order valence-electron chi connectivity index (χ3n) is 5.62. The molecule has 0 N–H and O–H groups in total. The largest absolute Gasteiger partial charge is 0.486 e. The van der Waals surface area contributed by atoms with Gasteiger partial charge in [0.25, 0.3) is 0 Å². The average Bonchev–Trinajstić information content (AvgIpc) is 3.24. The van der Waals surface area contributed by atoms with E-state index in [9.17, 15) is 4.79 Å². The van der Waals surface area contributed by atoms with Crippen LogP contribution in [-0.2, 0) is 4.79 Å². The van der Waals surface area contributed by atoms with Gasteiger partial charge in [-0.25, -0.2) is 0 Å². The number of carbonyl (C=O) groups is 1. The first-order valence-corrected chi connectivity index (χ1v) is 11.6. The van der Waals surface area contributed by atoms with E-state index in [0.29, 0.717) is 24.9 Å². The van der Waals surface area contributed by atoms with Gasteiger partial charge in [-0.05, 0) is 43.7 Å². The number of para-hydroxylation sites is 3. The van der Waals surface area contributed by atoms with Crippen LogP contribution in [0.4, 0.5) is 0 Å². The van der Waals surface area contributed by atoms with Crippen molar-refractivity contribution in [3.63, 3.8) is 0 Å². The molecule has 8 heteroatoms. The Balaban J connectivity index is 1.29. The Kier molecular flexibility index (Phi) is 5.61. The van der Waals surface area contributed by atoms with Crippen molar-refractivity contribution in [2.45, 2.75) is 25.1 Å². The van der Waals surface area contributed by atoms with Gasteiger partial charge in [0.2, 0.25) is 5.91 Å². The molecule has 164 valence electrons. The standard InChI is InChI=1S/C24H24N4O3S/c1-3-27(13-17-14-30-20-10-6-7-11-21(20)31-17)23(29)15-32-24-26-25-22-12-16(2)18-8-4-5-9-19(18)28(22)24/h4-12,17H,3,13-15H2,1-2H3. The molecule has 0 radical (unpaired) electrons. The van der Waals surface area contributed by atoms with Crippen LogP contribution >= 0.6 is 11.8 Å². The summed E-state index contributed by atoms with van der Waals surface area (Å²) in [5.74, 6) is 1.78. The molecule has 1 amide bonds. The van der Waals surface area contributed by atoms with Crippen molar-refractivity contribution in [3.05, 3.63) is 60.2 Å². The van der Waals surface area contributed by atoms with E-state index in [1.165, 1.54) is 11.8 Å². The molecule has 1 aliphatic rings. The highest BCUT2D eigenvalue weighted by Gasteiger charge is 2.25. The molecule has 2 aromatic carbocycles. The lowest BCUT2D eigenvalue weighted by Gasteiger charge is -2.30. The van der Waals surface area contributed by atoms with E-state index in [-0.39, 0.29) is 17.8 Å². The van der Waals surface area contributed by atoms with Gasteiger partial charge in [0.1, 0.15) is 6.61 Å². The summed E-state index contributed by atoms with van der Waals surface area (Å²) >= 11 is 1.41. The number of carbonyl (C=O) groups excluding carboxylic acids is 1. The highest BCUT2D eigenvalue weighted by molar-refractivity contribution is 7.99. The number of fused-ring (bicyclic) bond motifs is 4. The van der Waals surface area contributed by atoms with E-state index in [1.54, 1.807) is 4.90 Å². The summed E-state index contributed by atoms with van der Waals surface area (Å²) in [4.78, 5) is 14.8. The van der Waals surface area contributed by atoms with Crippen molar-refractivity contribution in [3.8, 4) is 11.5 Å². The van der Waals surface area contributed by atoms with Gasteiger partial charge in [0.05, 0.1) is 17.8 Å². The highest BCUT2D eigenvalue weighted by Crippen LogP contribution is 2.31. The number of pyridine rings is 1. The fourth-order valence-electron chi connectivity index (χ4n) is 3.99. The molecule has 2 aromatic heterocycles. The molecular weight excluding hydrogens is 424 g/mol. The normalized spacial score (nSPS) is 15.2. The third kappa shape index (κ3) is 3.86. The zero-order valence-electron chi connectivity index (χ0n) is 18.0. The number of aromatic nitrogens is 3. The minimum Gasteiger partial charge on any atom is -0.486 e. The molecule has 0 bridgehead atoms. The Bertz CT molecular complexity index is 1290. The van der Waals surface area contributed by atoms with Gasteiger partial charge < -0.3 is 14.4 Å². The molecule has 5 rings (SSSR count). The summed E-state index contributed by atoms with van der Waals surface area (Å²) in [6.45, 7) is 5.55. The average molecular weight is 449 g/mol. The molecule has 0 fully saturated rings. The monoisotopic (exact) mass is 448 g/mol. The number of rotatable bonds is 6. The Morgan fingerprint density at radius 3 is 2.78 bits per heavy atom. The van der Waals surface area contributed by atoms with E-state index < -0.39 is 0 Å². The number of hydrogen-bond acceptors (Lipinski definition) is 6. The second kappa shape index (κ2) is 8.70. The summed E-state index contributed by atoms with van der Waals surface area (Å²) in [7, 11) is 0. The molecule has 3 heterocycles. The fraction of sp³-hybridized carbons (Fsp3) is 0.292. The van der Waals surface area contributed by atoms with Gasteiger partial charge in [0.15, 0.2) is 28.4 Å². The smallest absolute Gasteiger partial charge is 0.233 e. The molecule has 1 unspecified atom stereocenters. The number of hydrogen-bond donors (Lipinski definition) is 0. The molecular formula is C24H24N4O3S. The number of benzene rings is 2. The second-order valence-electron chi connectivity index (χ2n) is 7.74. The molecule has 1 aliphatic heterocycles. The number of likely N-dealkylation sites (N-methyl/N-ethyl adjacent to an activating group) is 1. The lowest BCUT2D eigenvalue weighted by molar-refractivity contribution is -0.129. The van der Waals surface area contributed by atoms with Crippen molar-refractivity contribution in [1.29, 1.82) is 0 Å². The van der Waals surface area contributed by atoms with Gasteiger partial charge in [-0.15, -0.1) is 10.2 Å². The van der Waals surface area contributed by atoms with Gasteiger partial charge in [0, 0.05) is 11.9 Å². The third-order valence-corrected chi connectivity index (χ3v) is 6.54.